The van der Waals surface area contributed by atoms with Crippen LogP contribution in [0.3, 0.4) is 0 Å². The van der Waals surface area contributed by atoms with Gasteiger partial charge >= 0.3 is 11.8 Å². The number of hydrogen-bond donors (Lipinski definition) is 2. The van der Waals surface area contributed by atoms with Crippen LogP contribution in [-0.2, 0) is 19.7 Å². The van der Waals surface area contributed by atoms with Gasteiger partial charge in [0.25, 0.3) is 5.91 Å². The van der Waals surface area contributed by atoms with Crippen LogP contribution >= 0.6 is 0 Å². The summed E-state index contributed by atoms with van der Waals surface area (Å²) >= 11 is 0. The molecule has 0 radical (unpaired) electrons. The molecule has 0 saturated carbocycles. The molecule has 208 valence electrons. The minimum absolute atomic E-state index is 0.0298. The van der Waals surface area contributed by atoms with Crippen molar-refractivity contribution in [3.05, 3.63) is 83.9 Å². The molecule has 0 aromatic heterocycles. The number of anilines is 1. The number of nitrogens with one attached hydrogen (secondary N) is 2. The van der Waals surface area contributed by atoms with Gasteiger partial charge in [-0.05, 0) is 56.7 Å². The van der Waals surface area contributed by atoms with Gasteiger partial charge in [-0.2, -0.15) is 18.4 Å². The van der Waals surface area contributed by atoms with E-state index >= 15 is 0 Å². The molecule has 3 aromatic carbocycles. The van der Waals surface area contributed by atoms with E-state index in [9.17, 15) is 26.4 Å². The summed E-state index contributed by atoms with van der Waals surface area (Å²) in [6.45, 7) is 5.14. The normalized spacial score (nSPS) is 17.5. The number of alkyl halides is 3. The summed E-state index contributed by atoms with van der Waals surface area (Å²) in [5.41, 5.74) is -2.79. The zero-order valence-electron chi connectivity index (χ0n) is 21.7. The van der Waals surface area contributed by atoms with Crippen molar-refractivity contribution >= 4 is 27.3 Å². The lowest BCUT2D eigenvalue weighted by Crippen LogP contribution is -2.55. The van der Waals surface area contributed by atoms with Gasteiger partial charge < -0.3 is 10.2 Å². The monoisotopic (exact) mass is 570 g/mol. The number of nitrogens with zero attached hydrogens (tertiary/aromatic N) is 2. The van der Waals surface area contributed by atoms with E-state index in [-0.39, 0.29) is 27.4 Å². The van der Waals surface area contributed by atoms with Gasteiger partial charge in [0.2, 0.25) is 10.0 Å². The van der Waals surface area contributed by atoms with Gasteiger partial charge in [0.1, 0.15) is 0 Å². The molecule has 0 bridgehead atoms. The molecule has 12 heteroatoms. The molecule has 1 unspecified atom stereocenters. The van der Waals surface area contributed by atoms with Crippen LogP contribution in [0.5, 0.6) is 0 Å². The molecule has 0 fully saturated rings. The van der Waals surface area contributed by atoms with Crippen LogP contribution in [0.1, 0.15) is 38.3 Å². The van der Waals surface area contributed by atoms with Gasteiger partial charge in [-0.1, -0.05) is 47.6 Å². The minimum Gasteiger partial charge on any atom is -0.368 e. The zero-order chi connectivity index (χ0) is 29.3. The molecule has 2 N–H and O–H groups in total. The fourth-order valence-corrected chi connectivity index (χ4v) is 5.77. The van der Waals surface area contributed by atoms with Crippen LogP contribution in [0, 0.1) is 11.3 Å². The molecule has 1 amide bonds. The Balaban J connectivity index is 1.58. The number of amides is 1. The van der Waals surface area contributed by atoms with Gasteiger partial charge in [0.05, 0.1) is 28.7 Å². The second kappa shape index (κ2) is 10.4. The van der Waals surface area contributed by atoms with Gasteiger partial charge in [0, 0.05) is 22.4 Å². The molecule has 8 nitrogen and oxygen atoms in total. The van der Waals surface area contributed by atoms with Gasteiger partial charge in [0.15, 0.2) is 0 Å². The summed E-state index contributed by atoms with van der Waals surface area (Å²) in [6, 6.07) is 19.7. The lowest BCUT2D eigenvalue weighted by molar-refractivity contribution is -0.257. The average Bonchev–Trinajstić information content (AvgIpc) is 3.35. The number of carbonyl (C=O) groups excluding carboxylic acids is 1. The third-order valence-corrected chi connectivity index (χ3v) is 7.76. The number of oxime groups is 1. The Kier molecular flexibility index (Phi) is 7.49. The first kappa shape index (κ1) is 28.8. The molecule has 1 aliphatic rings. The van der Waals surface area contributed by atoms with E-state index in [0.29, 0.717) is 11.1 Å². The van der Waals surface area contributed by atoms with Gasteiger partial charge in [-0.3, -0.25) is 4.79 Å². The van der Waals surface area contributed by atoms with Crippen LogP contribution in [0.15, 0.2) is 82.8 Å². The quantitative estimate of drug-likeness (QED) is 0.413. The minimum atomic E-state index is -5.11. The first-order valence-corrected chi connectivity index (χ1v) is 13.5. The summed E-state index contributed by atoms with van der Waals surface area (Å²) in [7, 11) is -3.89. The van der Waals surface area contributed by atoms with E-state index in [1.807, 2.05) is 6.07 Å². The second-order valence-electron chi connectivity index (χ2n) is 10.2. The SMILES string of the molecule is CC(C)(C)NS(=O)(=O)c1ccccc1-c1ccc(NC(=O)C2(C(F)(F)F)CC(c3cccc(C#N)c3)=NO2)cc1. The summed E-state index contributed by atoms with van der Waals surface area (Å²) < 4.78 is 71.1. The van der Waals surface area contributed by atoms with Crippen molar-refractivity contribution in [3.63, 3.8) is 0 Å². The molecule has 40 heavy (non-hydrogen) atoms. The van der Waals surface area contributed by atoms with Crippen molar-refractivity contribution < 1.29 is 31.2 Å². The third-order valence-electron chi connectivity index (χ3n) is 5.95. The third kappa shape index (κ3) is 5.85. The summed E-state index contributed by atoms with van der Waals surface area (Å²) in [5, 5.41) is 14.9. The standard InChI is InChI=1S/C28H25F3N4O4S/c1-26(2,3)35-40(37,38)24-10-5-4-9-22(24)19-11-13-21(14-12-19)33-25(36)27(28(29,30)31)16-23(34-39-27)20-8-6-7-18(15-20)17-32/h4-15,35H,16H2,1-3H3,(H,33,36). The highest BCUT2D eigenvalue weighted by Gasteiger charge is 2.66. The predicted octanol–water partition coefficient (Wildman–Crippen LogP) is 5.37. The van der Waals surface area contributed by atoms with Crippen LogP contribution < -0.4 is 10.0 Å². The Labute approximate surface area is 229 Å². The Morgan fingerprint density at radius 3 is 2.30 bits per heavy atom. The second-order valence-corrected chi connectivity index (χ2v) is 11.9. The van der Waals surface area contributed by atoms with Gasteiger partial charge in [-0.15, -0.1) is 0 Å². The first-order valence-electron chi connectivity index (χ1n) is 12.0. The molecule has 3 aromatic rings. The highest BCUT2D eigenvalue weighted by atomic mass is 32.2. The topological polar surface area (TPSA) is 121 Å². The van der Waals surface area contributed by atoms with Crippen LogP contribution in [-0.4, -0.2) is 37.4 Å². The lowest BCUT2D eigenvalue weighted by Gasteiger charge is -2.27. The van der Waals surface area contributed by atoms with E-state index in [2.05, 4.69) is 15.2 Å². The smallest absolute Gasteiger partial charge is 0.368 e. The maximum absolute atomic E-state index is 14.2. The van der Waals surface area contributed by atoms with E-state index in [4.69, 9.17) is 10.1 Å². The van der Waals surface area contributed by atoms with E-state index in [1.165, 1.54) is 54.6 Å². The van der Waals surface area contributed by atoms with Crippen LogP contribution in [0.25, 0.3) is 11.1 Å². The molecular formula is C28H25F3N4O4S. The number of rotatable bonds is 6. The number of sulfonamides is 1. The molecule has 4 rings (SSSR count). The Morgan fingerprint density at radius 2 is 1.68 bits per heavy atom. The fourth-order valence-electron chi connectivity index (χ4n) is 4.12. The summed E-state index contributed by atoms with van der Waals surface area (Å²) in [4.78, 5) is 17.8. The summed E-state index contributed by atoms with van der Waals surface area (Å²) in [5.74, 6) is -1.47. The van der Waals surface area contributed by atoms with Crippen molar-refractivity contribution in [2.24, 2.45) is 5.16 Å². The largest absolute Gasteiger partial charge is 0.440 e. The zero-order valence-corrected chi connectivity index (χ0v) is 22.5. The number of halogens is 3. The fraction of sp³-hybridized carbons (Fsp3) is 0.250. The number of hydrogen-bond acceptors (Lipinski definition) is 6. The van der Waals surface area contributed by atoms with Crippen LogP contribution in [0.2, 0.25) is 0 Å². The maximum Gasteiger partial charge on any atom is 0.440 e. The van der Waals surface area contributed by atoms with E-state index < -0.39 is 39.7 Å². The molecule has 0 spiro atoms. The highest BCUT2D eigenvalue weighted by molar-refractivity contribution is 7.89. The Morgan fingerprint density at radius 1 is 1.00 bits per heavy atom. The van der Waals surface area contributed by atoms with Crippen molar-refractivity contribution in [3.8, 4) is 17.2 Å². The molecule has 0 aliphatic carbocycles. The van der Waals surface area contributed by atoms with Gasteiger partial charge in [-0.25, -0.2) is 13.1 Å². The molecule has 1 aliphatic heterocycles. The number of nitriles is 1. The molecule has 0 saturated heterocycles. The van der Waals surface area contributed by atoms with Crippen molar-refractivity contribution in [1.82, 2.24) is 4.72 Å². The Bertz CT molecular complexity index is 1620. The summed E-state index contributed by atoms with van der Waals surface area (Å²) in [6.07, 6.45) is -6.00. The van der Waals surface area contributed by atoms with Crippen molar-refractivity contribution in [1.29, 1.82) is 5.26 Å². The maximum atomic E-state index is 14.2. The molecular weight excluding hydrogens is 545 g/mol. The van der Waals surface area contributed by atoms with E-state index in [0.717, 1.165) is 0 Å². The van der Waals surface area contributed by atoms with Crippen molar-refractivity contribution in [2.45, 2.75) is 49.4 Å². The first-order chi connectivity index (χ1) is 18.6. The Hall–Kier alpha value is -4.21. The average molecular weight is 571 g/mol. The lowest BCUT2D eigenvalue weighted by atomic mass is 9.92. The molecule has 1 heterocycles. The predicted molar refractivity (Wildman–Crippen MR) is 143 cm³/mol. The number of benzene rings is 3. The van der Waals surface area contributed by atoms with Crippen LogP contribution in [0.4, 0.5) is 18.9 Å². The highest BCUT2D eigenvalue weighted by Crippen LogP contribution is 2.42. The number of carbonyl (C=O) groups is 1. The molecule has 1 atom stereocenters. The van der Waals surface area contributed by atoms with E-state index in [1.54, 1.807) is 39.0 Å². The van der Waals surface area contributed by atoms with Crippen molar-refractivity contribution in [2.75, 3.05) is 5.32 Å².